The second-order valence-corrected chi connectivity index (χ2v) is 10.0. The van der Waals surface area contributed by atoms with Crippen LogP contribution in [0.3, 0.4) is 0 Å². The number of nitro benzene ring substituents is 1. The van der Waals surface area contributed by atoms with Crippen LogP contribution in [0.4, 0.5) is 36.8 Å². The van der Waals surface area contributed by atoms with Crippen LogP contribution in [0.5, 0.6) is 0 Å². The van der Waals surface area contributed by atoms with E-state index < -0.39 is 46.9 Å². The van der Waals surface area contributed by atoms with Crippen molar-refractivity contribution in [1.82, 2.24) is 9.80 Å². The molecule has 0 atom stereocenters. The Morgan fingerprint density at radius 2 is 1.40 bits per heavy atom. The minimum absolute atomic E-state index is 0. The van der Waals surface area contributed by atoms with E-state index in [9.17, 15) is 41.3 Å². The Bertz CT molecular complexity index is 1180. The first-order chi connectivity index (χ1) is 18.9. The van der Waals surface area contributed by atoms with Crippen molar-refractivity contribution < 1.29 is 102 Å². The van der Waals surface area contributed by atoms with Gasteiger partial charge in [-0.1, -0.05) is 0 Å². The predicted molar refractivity (Wildman–Crippen MR) is 133 cm³/mol. The van der Waals surface area contributed by atoms with Crippen LogP contribution in [0.25, 0.3) is 11.1 Å². The number of carbonyl (C=O) groups excluding carboxylic acids is 1. The number of hydrogen-bond acceptors (Lipinski definition) is 7. The molecule has 0 spiro atoms. The van der Waals surface area contributed by atoms with Crippen molar-refractivity contribution in [3.63, 3.8) is 0 Å². The van der Waals surface area contributed by atoms with E-state index >= 15 is 0 Å². The fourth-order valence-corrected chi connectivity index (χ4v) is 3.85. The number of ether oxygens (including phenoxy) is 2. The molecule has 2 aromatic carbocycles. The molecule has 2 aromatic rings. The van der Waals surface area contributed by atoms with E-state index in [-0.39, 0.29) is 99.5 Å². The maximum absolute atomic E-state index is 13.3. The van der Waals surface area contributed by atoms with Gasteiger partial charge in [0, 0.05) is 51.5 Å². The largest absolute Gasteiger partial charge is 1.00 e. The first-order valence-electron chi connectivity index (χ1n) is 12.2. The van der Waals surface area contributed by atoms with Gasteiger partial charge in [-0.05, 0) is 69.0 Å². The Morgan fingerprint density at radius 1 is 0.905 bits per heavy atom. The van der Waals surface area contributed by atoms with Crippen molar-refractivity contribution in [1.29, 1.82) is 0 Å². The third kappa shape index (κ3) is 11.7. The second kappa shape index (κ2) is 15.8. The van der Waals surface area contributed by atoms with E-state index in [4.69, 9.17) is 9.84 Å². The van der Waals surface area contributed by atoms with Crippen LogP contribution in [0.2, 0.25) is 0 Å². The monoisotopic (exact) mass is 633 g/mol. The summed E-state index contributed by atoms with van der Waals surface area (Å²) in [5.41, 5.74) is -4.21. The molecule has 228 valence electrons. The number of benzene rings is 2. The van der Waals surface area contributed by atoms with Crippen LogP contribution in [0.1, 0.15) is 37.5 Å². The molecule has 1 aliphatic rings. The molecule has 0 N–H and O–H groups in total. The average Bonchev–Trinajstić information content (AvgIpc) is 2.86. The molecule has 1 aliphatic heterocycles. The molecule has 0 radical (unpaired) electrons. The molecule has 0 aromatic heterocycles. The normalized spacial score (nSPS) is 14.4. The zero-order chi connectivity index (χ0) is 31.2. The maximum atomic E-state index is 13.3. The van der Waals surface area contributed by atoms with Gasteiger partial charge in [-0.2, -0.15) is 26.3 Å². The minimum Gasteiger partial charge on any atom is -0.834 e. The van der Waals surface area contributed by atoms with Crippen LogP contribution >= 0.6 is 0 Å². The second-order valence-electron chi connectivity index (χ2n) is 10.0. The minimum atomic E-state index is -5.02. The number of nitrogens with zero attached hydrogens (tertiary/aromatic N) is 3. The first kappa shape index (κ1) is 38.2. The van der Waals surface area contributed by atoms with Gasteiger partial charge in [0.05, 0.1) is 16.1 Å². The van der Waals surface area contributed by atoms with E-state index in [1.54, 1.807) is 25.7 Å². The van der Waals surface area contributed by atoms with Crippen molar-refractivity contribution >= 4 is 11.8 Å². The van der Waals surface area contributed by atoms with E-state index in [0.29, 0.717) is 25.2 Å². The van der Waals surface area contributed by atoms with Crippen molar-refractivity contribution in [2.45, 2.75) is 45.3 Å². The quantitative estimate of drug-likeness (QED) is 0.164. The van der Waals surface area contributed by atoms with Crippen molar-refractivity contribution in [3.8, 4) is 11.1 Å². The van der Waals surface area contributed by atoms with Crippen molar-refractivity contribution in [2.75, 3.05) is 40.1 Å². The summed E-state index contributed by atoms with van der Waals surface area (Å²) in [6.07, 6.45) is -10.5. The molecule has 0 unspecified atom stereocenters. The van der Waals surface area contributed by atoms with Crippen molar-refractivity contribution in [2.24, 2.45) is 0 Å². The molecule has 9 nitrogen and oxygen atoms in total. The maximum Gasteiger partial charge on any atom is 1.00 e. The number of alkyl halides is 6. The molecule has 0 aliphatic carbocycles. The Kier molecular flexibility index (Phi) is 14.4. The Hall–Kier alpha value is -1.79. The van der Waals surface area contributed by atoms with Crippen LogP contribution in [-0.2, 0) is 28.4 Å². The van der Waals surface area contributed by atoms with Crippen LogP contribution in [0.15, 0.2) is 36.4 Å². The summed E-state index contributed by atoms with van der Waals surface area (Å²) in [7, 11) is 1.37. The number of piperazine rings is 1. The Morgan fingerprint density at radius 3 is 1.81 bits per heavy atom. The van der Waals surface area contributed by atoms with Crippen molar-refractivity contribution in [3.05, 3.63) is 63.2 Å². The van der Waals surface area contributed by atoms with Gasteiger partial charge in [0.25, 0.3) is 5.69 Å². The molecular formula is C26H30F6KN3O6. The predicted octanol–water partition coefficient (Wildman–Crippen LogP) is 2.31. The van der Waals surface area contributed by atoms with Crippen LogP contribution in [0, 0.1) is 10.1 Å². The van der Waals surface area contributed by atoms with Gasteiger partial charge < -0.3 is 19.5 Å². The van der Waals surface area contributed by atoms with E-state index in [0.717, 1.165) is 12.1 Å². The van der Waals surface area contributed by atoms with Gasteiger partial charge in [0.2, 0.25) is 0 Å². The molecule has 16 heteroatoms. The third-order valence-corrected chi connectivity index (χ3v) is 5.73. The summed E-state index contributed by atoms with van der Waals surface area (Å²) in [6.45, 7) is 6.01. The fraction of sp³-hybridized carbons (Fsp3) is 0.500. The van der Waals surface area contributed by atoms with Gasteiger partial charge >= 0.3 is 69.8 Å². The molecule has 1 amide bonds. The topological polar surface area (TPSA) is 108 Å². The summed E-state index contributed by atoms with van der Waals surface area (Å²) in [4.78, 5) is 26.5. The molecule has 1 heterocycles. The standard InChI is InChI=1S/C24H25F6N3O4.C2H5O2.K/c1-22(2,3)37-21(34)32-8-6-31(7-9-32)14-17-10-15(4-5-20(17)33(35)36)16-11-18(23(25,26)27)13-19(12-16)24(28,29)30;1-4-2-3;/h4-5,10-13H,6-9,14H2,1-3H3;2H2,1H3;/q;-1;+1. The zero-order valence-electron chi connectivity index (χ0n) is 23.8. The average molecular weight is 634 g/mol. The molecule has 1 fully saturated rings. The number of amides is 1. The molecule has 3 rings (SSSR count). The van der Waals surface area contributed by atoms with E-state index in [1.807, 2.05) is 0 Å². The fourth-order valence-electron chi connectivity index (χ4n) is 3.85. The first-order valence-corrected chi connectivity index (χ1v) is 12.2. The Labute approximate surface area is 281 Å². The summed E-state index contributed by atoms with van der Waals surface area (Å²) < 4.78 is 89.1. The van der Waals surface area contributed by atoms with Crippen LogP contribution in [-0.4, -0.2) is 66.5 Å². The SMILES string of the molecule is CC(C)(C)OC(=O)N1CCN(Cc2cc(-c3cc(C(F)(F)F)cc(C(F)(F)F)c3)ccc2[N+](=O)[O-])CC1.COC[O-].[K+]. The van der Waals surface area contributed by atoms with Crippen LogP contribution < -0.4 is 56.5 Å². The number of carbonyl (C=O) groups is 1. The molecule has 0 bridgehead atoms. The number of hydrogen-bond donors (Lipinski definition) is 0. The van der Waals surface area contributed by atoms with Gasteiger partial charge in [-0.3, -0.25) is 15.0 Å². The molecular weight excluding hydrogens is 603 g/mol. The summed E-state index contributed by atoms with van der Waals surface area (Å²) in [6, 6.07) is 4.61. The van der Waals surface area contributed by atoms with E-state index in [2.05, 4.69) is 4.74 Å². The number of methoxy groups -OCH3 is 1. The summed E-state index contributed by atoms with van der Waals surface area (Å²) in [5, 5.41) is 20.7. The summed E-state index contributed by atoms with van der Waals surface area (Å²) >= 11 is 0. The summed E-state index contributed by atoms with van der Waals surface area (Å²) in [5.74, 6) is 0. The molecule has 42 heavy (non-hydrogen) atoms. The molecule has 1 saturated heterocycles. The molecule has 0 saturated carbocycles. The number of nitro groups is 1. The van der Waals surface area contributed by atoms with Gasteiger partial charge in [-0.25, -0.2) is 4.79 Å². The third-order valence-electron chi connectivity index (χ3n) is 5.73. The number of rotatable bonds is 5. The zero-order valence-corrected chi connectivity index (χ0v) is 26.9. The van der Waals surface area contributed by atoms with Gasteiger partial charge in [-0.15, -0.1) is 0 Å². The Balaban J connectivity index is 0.00000165. The number of halogens is 6. The van der Waals surface area contributed by atoms with Gasteiger partial charge in [0.15, 0.2) is 0 Å². The smallest absolute Gasteiger partial charge is 0.834 e. The van der Waals surface area contributed by atoms with Gasteiger partial charge in [0.1, 0.15) is 5.60 Å². The van der Waals surface area contributed by atoms with E-state index in [1.165, 1.54) is 18.1 Å².